The van der Waals surface area contributed by atoms with Crippen LogP contribution in [-0.4, -0.2) is 27.8 Å². The van der Waals surface area contributed by atoms with Gasteiger partial charge in [-0.2, -0.15) is 0 Å². The first-order valence-electron chi connectivity index (χ1n) is 17.7. The van der Waals surface area contributed by atoms with Crippen molar-refractivity contribution in [1.29, 1.82) is 0 Å². The molecule has 10 aromatic rings. The van der Waals surface area contributed by atoms with Gasteiger partial charge in [-0.25, -0.2) is 0 Å². The van der Waals surface area contributed by atoms with E-state index in [2.05, 4.69) is 156 Å². The summed E-state index contributed by atoms with van der Waals surface area (Å²) in [5, 5.41) is 7.24. The van der Waals surface area contributed by atoms with E-state index in [0.717, 1.165) is 37.2 Å². The zero-order valence-corrected chi connectivity index (χ0v) is 32.6. The molecule has 0 saturated heterocycles. The summed E-state index contributed by atoms with van der Waals surface area (Å²) in [5.41, 5.74) is 8.80. The molecule has 264 valence electrons. The third kappa shape index (κ3) is 4.63. The first-order chi connectivity index (χ1) is 25.6. The summed E-state index contributed by atoms with van der Waals surface area (Å²) in [7, 11) is 6.42. The van der Waals surface area contributed by atoms with Crippen molar-refractivity contribution in [3.05, 3.63) is 131 Å². The average Bonchev–Trinajstić information content (AvgIpc) is 3.86. The van der Waals surface area contributed by atoms with Crippen molar-refractivity contribution in [2.45, 2.75) is 26.2 Å². The van der Waals surface area contributed by atoms with Crippen LogP contribution in [0.3, 0.4) is 0 Å². The summed E-state index contributed by atoms with van der Waals surface area (Å²) in [4.78, 5) is 5.07. The van der Waals surface area contributed by atoms with E-state index >= 15 is 0 Å². The van der Waals surface area contributed by atoms with Crippen molar-refractivity contribution in [3.8, 4) is 23.0 Å². The number of para-hydroxylation sites is 2. The second kappa shape index (κ2) is 11.4. The molecule has 0 fully saturated rings. The van der Waals surface area contributed by atoms with Crippen molar-refractivity contribution in [2.24, 2.45) is 21.1 Å². The van der Waals surface area contributed by atoms with Crippen LogP contribution in [-0.2, 0) is 45.9 Å². The van der Waals surface area contributed by atoms with Gasteiger partial charge in [-0.1, -0.05) is 57.2 Å². The van der Waals surface area contributed by atoms with E-state index in [4.69, 9.17) is 9.72 Å². The fraction of sp³-hybridized carbons (Fsp3) is 0.156. The number of aromatic nitrogens is 6. The summed E-state index contributed by atoms with van der Waals surface area (Å²) < 4.78 is 18.9. The summed E-state index contributed by atoms with van der Waals surface area (Å²) in [6.45, 7) is 6.74. The molecule has 10 rings (SSSR count). The molecule has 0 radical (unpaired) electrons. The Balaban J connectivity index is 1.34. The van der Waals surface area contributed by atoms with Crippen LogP contribution < -0.4 is 4.74 Å². The Morgan fingerprint density at radius 1 is 0.660 bits per heavy atom. The summed E-state index contributed by atoms with van der Waals surface area (Å²) in [5.74, 6) is 2.07. The number of ether oxygens (including phenoxy) is 1. The molecular formula is C45H36N6OPt-2. The Morgan fingerprint density at radius 3 is 2.04 bits per heavy atom. The molecule has 0 aliphatic rings. The van der Waals surface area contributed by atoms with Crippen molar-refractivity contribution in [3.63, 3.8) is 0 Å². The van der Waals surface area contributed by atoms with E-state index in [-0.39, 0.29) is 5.41 Å². The van der Waals surface area contributed by atoms with Gasteiger partial charge in [0.25, 0.3) is 0 Å². The number of rotatable bonds is 4. The van der Waals surface area contributed by atoms with Crippen LogP contribution in [0.25, 0.3) is 76.9 Å². The van der Waals surface area contributed by atoms with Gasteiger partial charge in [-0.05, 0) is 29.2 Å². The second-order valence-electron chi connectivity index (χ2n) is 14.9. The number of benzene rings is 5. The topological polar surface area (TPSA) is 46.8 Å². The van der Waals surface area contributed by atoms with Gasteiger partial charge < -0.3 is 9.13 Å². The number of aryl methyl sites for hydroxylation is 3. The summed E-state index contributed by atoms with van der Waals surface area (Å²) >= 11 is 2.32. The van der Waals surface area contributed by atoms with E-state index in [1.165, 1.54) is 49.0 Å². The van der Waals surface area contributed by atoms with Gasteiger partial charge in [-0.15, -0.1) is 0 Å². The molecule has 0 bridgehead atoms. The SMILES string of the molecule is Cn1ccn(-c2[c-]c(Oc3[c-]c4c(cc3)c3c5c(c6ccccc6n5C)c5c6ccccc6n(C)c5c3n4-c3cc(C(C)(C)C)ccn3)ccc2)[c]1=[Pt]. The number of nitrogens with zero attached hydrogens (tertiary/aromatic N) is 6. The number of imidazole rings is 1. The monoisotopic (exact) mass is 871 g/mol. The van der Waals surface area contributed by atoms with E-state index < -0.39 is 0 Å². The maximum absolute atomic E-state index is 6.60. The van der Waals surface area contributed by atoms with Crippen molar-refractivity contribution >= 4 is 65.4 Å². The molecule has 7 nitrogen and oxygen atoms in total. The van der Waals surface area contributed by atoms with E-state index in [0.29, 0.717) is 11.5 Å². The van der Waals surface area contributed by atoms with E-state index in [1.807, 2.05) is 49.9 Å². The zero-order valence-electron chi connectivity index (χ0n) is 30.3. The molecule has 5 aromatic carbocycles. The summed E-state index contributed by atoms with van der Waals surface area (Å²) in [6.07, 6.45) is 6.01. The van der Waals surface area contributed by atoms with E-state index in [1.54, 1.807) is 0 Å². The quantitative estimate of drug-likeness (QED) is 0.165. The Kier molecular flexibility index (Phi) is 6.90. The molecule has 8 heteroatoms. The first kappa shape index (κ1) is 32.0. The number of pyridine rings is 1. The van der Waals surface area contributed by atoms with Crippen LogP contribution in [0, 0.1) is 15.9 Å². The van der Waals surface area contributed by atoms with Crippen LogP contribution >= 0.6 is 0 Å². The molecule has 0 N–H and O–H groups in total. The van der Waals surface area contributed by atoms with Gasteiger partial charge in [-0.3, -0.25) is 0 Å². The third-order valence-electron chi connectivity index (χ3n) is 10.7. The van der Waals surface area contributed by atoms with Crippen molar-refractivity contribution < 1.29 is 24.1 Å². The number of hydrogen-bond donors (Lipinski definition) is 0. The minimum atomic E-state index is -0.0675. The van der Waals surface area contributed by atoms with Gasteiger partial charge >= 0.3 is 170 Å². The molecule has 5 aromatic heterocycles. The molecule has 0 atom stereocenters. The van der Waals surface area contributed by atoms with Gasteiger partial charge in [0.2, 0.25) is 0 Å². The van der Waals surface area contributed by atoms with Gasteiger partial charge in [0.05, 0.1) is 0 Å². The Hall–Kier alpha value is -5.65. The Morgan fingerprint density at radius 2 is 1.34 bits per heavy atom. The molecule has 0 spiro atoms. The van der Waals surface area contributed by atoms with Crippen LogP contribution in [0.2, 0.25) is 0 Å². The fourth-order valence-electron chi connectivity index (χ4n) is 8.19. The van der Waals surface area contributed by atoms with Gasteiger partial charge in [0.1, 0.15) is 0 Å². The predicted octanol–water partition coefficient (Wildman–Crippen LogP) is 10.4. The predicted molar refractivity (Wildman–Crippen MR) is 211 cm³/mol. The van der Waals surface area contributed by atoms with Crippen LogP contribution in [0.5, 0.6) is 11.5 Å². The Bertz CT molecular complexity index is 3200. The second-order valence-corrected chi connectivity index (χ2v) is 15.9. The molecular weight excluding hydrogens is 836 g/mol. The molecule has 53 heavy (non-hydrogen) atoms. The van der Waals surface area contributed by atoms with E-state index in [9.17, 15) is 0 Å². The zero-order chi connectivity index (χ0) is 36.3. The minimum absolute atomic E-state index is 0.0675. The average molecular weight is 872 g/mol. The van der Waals surface area contributed by atoms with Crippen LogP contribution in [0.1, 0.15) is 26.3 Å². The number of fused-ring (bicyclic) bond motifs is 12. The normalized spacial score (nSPS) is 12.5. The molecule has 0 unspecified atom stereocenters. The fourth-order valence-corrected chi connectivity index (χ4v) is 8.81. The van der Waals surface area contributed by atoms with Crippen LogP contribution in [0.4, 0.5) is 0 Å². The molecule has 0 aliphatic heterocycles. The number of hydrogen-bond acceptors (Lipinski definition) is 2. The molecule has 0 amide bonds. The van der Waals surface area contributed by atoms with Crippen molar-refractivity contribution in [2.75, 3.05) is 0 Å². The molecule has 0 aliphatic carbocycles. The summed E-state index contributed by atoms with van der Waals surface area (Å²) in [6, 6.07) is 39.3. The molecule has 5 heterocycles. The first-order valence-corrected chi connectivity index (χ1v) is 18.9. The Labute approximate surface area is 317 Å². The van der Waals surface area contributed by atoms with Gasteiger partial charge in [0, 0.05) is 52.9 Å². The van der Waals surface area contributed by atoms with Gasteiger partial charge in [0.15, 0.2) is 0 Å². The van der Waals surface area contributed by atoms with Crippen molar-refractivity contribution in [1.82, 2.24) is 27.8 Å². The van der Waals surface area contributed by atoms with Crippen LogP contribution in [0.15, 0.2) is 110 Å². The maximum atomic E-state index is 6.60. The third-order valence-corrected chi connectivity index (χ3v) is 12.1. The molecule has 0 saturated carbocycles. The standard InChI is InChI=1S/C45H36N6O.Pt/c1-45(2,3)28-20-21-46-38(24-28)51-37-26-31(52-30-13-11-12-29(25-30)50-23-22-47(4)27-50)18-19-34(37)41-42-39(32-14-7-9-16-35(32)48(42)5)40-33-15-8-10-17-36(33)49(6)43(40)44(41)51;/h7-24H,1-6H3;/q-2;.